The van der Waals surface area contributed by atoms with Gasteiger partial charge in [-0.05, 0) is 66.9 Å². The molecule has 2 heterocycles. The van der Waals surface area contributed by atoms with Crippen molar-refractivity contribution < 1.29 is 9.59 Å². The maximum Gasteiger partial charge on any atom is 0.255 e. The normalized spacial score (nSPS) is 26.6. The number of hydrogen-bond donors (Lipinski definition) is 2. The lowest BCUT2D eigenvalue weighted by Gasteiger charge is -2.52. The molecule has 2 atom stereocenters. The number of fused-ring (bicyclic) bond motifs is 1. The molecule has 2 aromatic rings. The third-order valence-electron chi connectivity index (χ3n) is 7.87. The Bertz CT molecular complexity index is 951. The molecule has 2 amide bonds. The second kappa shape index (κ2) is 6.57. The second-order valence-electron chi connectivity index (χ2n) is 10.2. The number of nitrogens with one attached hydrogen (secondary N) is 2. The summed E-state index contributed by atoms with van der Waals surface area (Å²) in [6.07, 6.45) is 10.3. The van der Waals surface area contributed by atoms with Gasteiger partial charge in [0.1, 0.15) is 0 Å². The van der Waals surface area contributed by atoms with Gasteiger partial charge in [-0.3, -0.25) is 9.59 Å². The fourth-order valence-corrected chi connectivity index (χ4v) is 5.42. The Hall–Kier alpha value is -2.37. The zero-order chi connectivity index (χ0) is 20.2. The first-order chi connectivity index (χ1) is 13.9. The molecule has 2 unspecified atom stereocenters. The van der Waals surface area contributed by atoms with E-state index in [0.717, 1.165) is 11.9 Å². The van der Waals surface area contributed by atoms with Crippen molar-refractivity contribution in [2.45, 2.75) is 58.4 Å². The van der Waals surface area contributed by atoms with E-state index < -0.39 is 0 Å². The largest absolute Gasteiger partial charge is 0.356 e. The van der Waals surface area contributed by atoms with E-state index in [1.807, 2.05) is 24.4 Å². The molecular formula is C23H30N4O2. The van der Waals surface area contributed by atoms with E-state index in [2.05, 4.69) is 29.6 Å². The number of carbonyl (C=O) groups is 2. The summed E-state index contributed by atoms with van der Waals surface area (Å²) < 4.78 is 1.71. The Morgan fingerprint density at radius 2 is 2.03 bits per heavy atom. The van der Waals surface area contributed by atoms with Crippen LogP contribution in [0.3, 0.4) is 0 Å². The zero-order valence-electron chi connectivity index (χ0n) is 17.3. The highest BCUT2D eigenvalue weighted by Gasteiger charge is 2.53. The molecule has 2 N–H and O–H groups in total. The van der Waals surface area contributed by atoms with Gasteiger partial charge in [0.15, 0.2) is 0 Å². The number of aromatic nitrogens is 2. The van der Waals surface area contributed by atoms with Gasteiger partial charge in [-0.15, -0.1) is 0 Å². The summed E-state index contributed by atoms with van der Waals surface area (Å²) in [6.45, 7) is 5.06. The van der Waals surface area contributed by atoms with Crippen LogP contribution in [-0.4, -0.2) is 34.0 Å². The van der Waals surface area contributed by atoms with Gasteiger partial charge in [-0.2, -0.15) is 5.10 Å². The first kappa shape index (κ1) is 18.6. The van der Waals surface area contributed by atoms with Gasteiger partial charge in [-0.25, -0.2) is 4.52 Å². The standard InChI is InChI=1S/C23H30N4O2/c1-22(2)16(13-24-20(28)9-15-11-23(12-15)6-7-23)10-19(22)26-21(29)17-14-25-27-8-4-3-5-18(17)27/h3-5,8,14-16,19H,6-7,9-13H2,1-2H3,(H,24,28)(H,26,29). The van der Waals surface area contributed by atoms with E-state index >= 15 is 0 Å². The van der Waals surface area contributed by atoms with Crippen LogP contribution in [0.15, 0.2) is 30.6 Å². The molecule has 0 bridgehead atoms. The van der Waals surface area contributed by atoms with Gasteiger partial charge in [0.05, 0.1) is 17.3 Å². The van der Waals surface area contributed by atoms with Crippen LogP contribution in [0.1, 0.15) is 62.7 Å². The van der Waals surface area contributed by atoms with Crippen LogP contribution in [-0.2, 0) is 4.79 Å². The van der Waals surface area contributed by atoms with Crippen molar-refractivity contribution in [1.29, 1.82) is 0 Å². The first-order valence-electron chi connectivity index (χ1n) is 10.9. The highest BCUT2D eigenvalue weighted by atomic mass is 16.2. The lowest BCUT2D eigenvalue weighted by molar-refractivity contribution is -0.124. The van der Waals surface area contributed by atoms with Gasteiger partial charge < -0.3 is 10.6 Å². The third kappa shape index (κ3) is 3.32. The average Bonchev–Trinajstić information content (AvgIpc) is 3.34. The molecule has 6 heteroatoms. The zero-order valence-corrected chi connectivity index (χ0v) is 17.3. The average molecular weight is 395 g/mol. The fraction of sp³-hybridized carbons (Fsp3) is 0.609. The van der Waals surface area contributed by atoms with Crippen molar-refractivity contribution in [3.05, 3.63) is 36.2 Å². The molecule has 0 saturated heterocycles. The molecule has 29 heavy (non-hydrogen) atoms. The topological polar surface area (TPSA) is 75.5 Å². The lowest BCUT2D eigenvalue weighted by Crippen LogP contribution is -2.60. The molecule has 0 aromatic carbocycles. The molecule has 5 rings (SSSR count). The molecule has 3 saturated carbocycles. The van der Waals surface area contributed by atoms with Gasteiger partial charge >= 0.3 is 0 Å². The van der Waals surface area contributed by atoms with Crippen molar-refractivity contribution in [2.75, 3.05) is 6.54 Å². The molecule has 6 nitrogen and oxygen atoms in total. The molecular weight excluding hydrogens is 364 g/mol. The SMILES string of the molecule is CC1(C)C(CNC(=O)CC2CC3(CC3)C2)CC1NC(=O)c1cnn2ccccc12. The maximum absolute atomic E-state index is 12.8. The lowest BCUT2D eigenvalue weighted by atomic mass is 9.58. The fourth-order valence-electron chi connectivity index (χ4n) is 5.42. The molecule has 154 valence electrons. The number of hydrogen-bond acceptors (Lipinski definition) is 3. The highest BCUT2D eigenvalue weighted by molar-refractivity contribution is 6.00. The highest BCUT2D eigenvalue weighted by Crippen LogP contribution is 2.64. The van der Waals surface area contributed by atoms with Gasteiger partial charge in [0.2, 0.25) is 5.91 Å². The van der Waals surface area contributed by atoms with Crippen LogP contribution >= 0.6 is 0 Å². The number of nitrogens with zero attached hydrogens (tertiary/aromatic N) is 2. The Morgan fingerprint density at radius 3 is 2.76 bits per heavy atom. The van der Waals surface area contributed by atoms with Gasteiger partial charge in [0.25, 0.3) is 5.91 Å². The van der Waals surface area contributed by atoms with Crippen molar-refractivity contribution in [1.82, 2.24) is 20.2 Å². The summed E-state index contributed by atoms with van der Waals surface area (Å²) in [5, 5.41) is 10.6. The Morgan fingerprint density at radius 1 is 1.24 bits per heavy atom. The Kier molecular flexibility index (Phi) is 4.23. The predicted molar refractivity (Wildman–Crippen MR) is 110 cm³/mol. The summed E-state index contributed by atoms with van der Waals surface area (Å²) in [5.41, 5.74) is 2.04. The predicted octanol–water partition coefficient (Wildman–Crippen LogP) is 3.18. The molecule has 1 spiro atoms. The summed E-state index contributed by atoms with van der Waals surface area (Å²) in [7, 11) is 0. The molecule has 3 fully saturated rings. The number of pyridine rings is 1. The minimum atomic E-state index is -0.0780. The van der Waals surface area contributed by atoms with E-state index in [1.54, 1.807) is 10.7 Å². The monoisotopic (exact) mass is 394 g/mol. The van der Waals surface area contributed by atoms with Crippen molar-refractivity contribution in [3.63, 3.8) is 0 Å². The molecule has 3 aliphatic rings. The van der Waals surface area contributed by atoms with Crippen molar-refractivity contribution in [3.8, 4) is 0 Å². The van der Waals surface area contributed by atoms with Crippen LogP contribution < -0.4 is 10.6 Å². The third-order valence-corrected chi connectivity index (χ3v) is 7.87. The minimum Gasteiger partial charge on any atom is -0.356 e. The summed E-state index contributed by atoms with van der Waals surface area (Å²) in [5.74, 6) is 1.10. The van der Waals surface area contributed by atoms with Crippen molar-refractivity contribution >= 4 is 17.3 Å². The van der Waals surface area contributed by atoms with Crippen LogP contribution in [0, 0.1) is 22.7 Å². The first-order valence-corrected chi connectivity index (χ1v) is 10.9. The van der Waals surface area contributed by atoms with Crippen LogP contribution in [0.4, 0.5) is 0 Å². The van der Waals surface area contributed by atoms with Gasteiger partial charge in [0, 0.05) is 25.2 Å². The van der Waals surface area contributed by atoms with Crippen molar-refractivity contribution in [2.24, 2.45) is 22.7 Å². The van der Waals surface area contributed by atoms with Gasteiger partial charge in [-0.1, -0.05) is 19.9 Å². The quantitative estimate of drug-likeness (QED) is 0.790. The van der Waals surface area contributed by atoms with Crippen LogP contribution in [0.2, 0.25) is 0 Å². The smallest absolute Gasteiger partial charge is 0.255 e. The van der Waals surface area contributed by atoms with E-state index in [0.29, 0.717) is 35.8 Å². The van der Waals surface area contributed by atoms with E-state index in [4.69, 9.17) is 0 Å². The molecule has 2 aromatic heterocycles. The number of amides is 2. The minimum absolute atomic E-state index is 0.0412. The Labute approximate surface area is 171 Å². The van der Waals surface area contributed by atoms with E-state index in [-0.39, 0.29) is 23.3 Å². The second-order valence-corrected chi connectivity index (χ2v) is 10.2. The summed E-state index contributed by atoms with van der Waals surface area (Å²) in [4.78, 5) is 25.0. The maximum atomic E-state index is 12.8. The van der Waals surface area contributed by atoms with Crippen LogP contribution in [0.5, 0.6) is 0 Å². The van der Waals surface area contributed by atoms with E-state index in [1.165, 1.54) is 25.7 Å². The summed E-state index contributed by atoms with van der Waals surface area (Å²) >= 11 is 0. The molecule has 0 radical (unpaired) electrons. The van der Waals surface area contributed by atoms with Crippen LogP contribution in [0.25, 0.3) is 5.52 Å². The number of carbonyl (C=O) groups excluding carboxylic acids is 2. The molecule has 0 aliphatic heterocycles. The number of rotatable bonds is 6. The molecule has 3 aliphatic carbocycles. The van der Waals surface area contributed by atoms with E-state index in [9.17, 15) is 9.59 Å². The summed E-state index contributed by atoms with van der Waals surface area (Å²) in [6, 6.07) is 5.81. The Balaban J connectivity index is 1.11.